The zero-order valence-electron chi connectivity index (χ0n) is 34.5. The standard InChI is InChI=1S/C44H50F2N10O5/c1-25-5-4-16-61-42(48-3)32(22-47)36-18-28(17-26(2)49-36)40(58)52-44-50-35-8-6-29(21-37(35)56(44)23-25)55-11-10-27(24-55)43(60)54-14-12-53(13-15-54)30-19-33(45)39(34(46)20-30)31-7-9-38(57)51-41(31)59/h6,8,17-22,25,27,31,47-48H,4-5,7,9-16,23-24H2,1-3H3,(H,50,52,58)(H,51,57,59)/b42-32-,47-22?/t25-,27+,31-/m1/s1. The number of halogens is 2. The topological polar surface area (TPSA) is 176 Å². The number of aromatic nitrogens is 1. The number of rotatable bonds is 6. The fourth-order valence-electron chi connectivity index (χ4n) is 8.96. The fourth-order valence-corrected chi connectivity index (χ4v) is 8.96. The van der Waals surface area contributed by atoms with Gasteiger partial charge in [-0.15, -0.1) is 0 Å². The smallest absolute Gasteiger partial charge is 0.280 e. The van der Waals surface area contributed by atoms with Crippen LogP contribution >= 0.6 is 0 Å². The molecule has 0 aliphatic carbocycles. The van der Waals surface area contributed by atoms with Gasteiger partial charge in [0.1, 0.15) is 11.6 Å². The third-order valence-electron chi connectivity index (χ3n) is 12.2. The number of aryl methyl sites for hydroxylation is 1. The highest BCUT2D eigenvalue weighted by atomic mass is 19.1. The first-order valence-electron chi connectivity index (χ1n) is 20.9. The number of amides is 4. The van der Waals surface area contributed by atoms with E-state index in [4.69, 9.17) is 10.1 Å². The van der Waals surface area contributed by atoms with Crippen molar-refractivity contribution in [3.63, 3.8) is 0 Å². The molecule has 0 unspecified atom stereocenters. The lowest BCUT2D eigenvalue weighted by Crippen LogP contribution is -2.50. The molecule has 5 aliphatic heterocycles. The van der Waals surface area contributed by atoms with Crippen LogP contribution in [0, 0.1) is 35.8 Å². The number of imide groups is 1. The molecule has 0 spiro atoms. The van der Waals surface area contributed by atoms with E-state index in [0.29, 0.717) is 98.9 Å². The minimum atomic E-state index is -1.07. The van der Waals surface area contributed by atoms with Crippen LogP contribution in [0.3, 0.4) is 0 Å². The number of fused-ring (bicyclic) bond motifs is 5. The highest BCUT2D eigenvalue weighted by Crippen LogP contribution is 2.39. The largest absolute Gasteiger partial charge is 0.479 e. The number of hydrogen-bond donors (Lipinski definition) is 4. The first-order chi connectivity index (χ1) is 29.4. The van der Waals surface area contributed by atoms with Crippen LogP contribution in [0.2, 0.25) is 0 Å². The summed E-state index contributed by atoms with van der Waals surface area (Å²) in [5, 5.41) is 16.7. The molecule has 8 rings (SSSR count). The van der Waals surface area contributed by atoms with E-state index in [1.807, 2.05) is 21.9 Å². The van der Waals surface area contributed by atoms with Gasteiger partial charge >= 0.3 is 0 Å². The normalized spacial score (nSPS) is 24.4. The molecular formula is C44H50F2N10O5. The van der Waals surface area contributed by atoms with Gasteiger partial charge in [-0.25, -0.2) is 8.78 Å². The molecule has 61 heavy (non-hydrogen) atoms. The number of carbonyl (C=O) groups excluding carboxylic acids is 4. The number of piperidine rings is 1. The minimum absolute atomic E-state index is 0.0192. The van der Waals surface area contributed by atoms with Crippen LogP contribution < -0.4 is 30.7 Å². The average molecular weight is 837 g/mol. The molecule has 4 N–H and O–H groups in total. The molecule has 0 saturated carbocycles. The number of guanidine groups is 1. The number of nitrogens with one attached hydrogen (secondary N) is 4. The van der Waals surface area contributed by atoms with E-state index in [1.54, 1.807) is 26.1 Å². The number of piperazine rings is 1. The first-order valence-corrected chi connectivity index (χ1v) is 20.9. The third-order valence-corrected chi connectivity index (χ3v) is 12.2. The second-order valence-corrected chi connectivity index (χ2v) is 16.4. The molecule has 3 fully saturated rings. The minimum Gasteiger partial charge on any atom is -0.479 e. The van der Waals surface area contributed by atoms with Gasteiger partial charge < -0.3 is 40.4 Å². The molecule has 320 valence electrons. The van der Waals surface area contributed by atoms with Crippen molar-refractivity contribution in [2.75, 3.05) is 79.5 Å². The Kier molecular flexibility index (Phi) is 11.7. The van der Waals surface area contributed by atoms with Gasteiger partial charge in [-0.1, -0.05) is 6.92 Å². The predicted octanol–water partition coefficient (Wildman–Crippen LogP) is 4.78. The van der Waals surface area contributed by atoms with Crippen molar-refractivity contribution in [2.45, 2.75) is 51.9 Å². The van der Waals surface area contributed by atoms with Gasteiger partial charge in [0, 0.05) is 93.7 Å². The van der Waals surface area contributed by atoms with Crippen LogP contribution in [-0.4, -0.2) is 105 Å². The Balaban J connectivity index is 0.942. The monoisotopic (exact) mass is 836 g/mol. The molecule has 3 atom stereocenters. The second kappa shape index (κ2) is 17.3. The van der Waals surface area contributed by atoms with Gasteiger partial charge in [0.05, 0.1) is 41.1 Å². The highest BCUT2D eigenvalue weighted by molar-refractivity contribution is 6.19. The van der Waals surface area contributed by atoms with E-state index < -0.39 is 35.3 Å². The number of pyridine rings is 1. The second-order valence-electron chi connectivity index (χ2n) is 16.4. The number of anilines is 4. The average Bonchev–Trinajstić information content (AvgIpc) is 3.86. The van der Waals surface area contributed by atoms with Gasteiger partial charge in [0.25, 0.3) is 5.91 Å². The molecule has 2 aromatic carbocycles. The van der Waals surface area contributed by atoms with E-state index in [0.717, 1.165) is 29.9 Å². The van der Waals surface area contributed by atoms with Crippen LogP contribution in [0.4, 0.5) is 31.5 Å². The summed E-state index contributed by atoms with van der Waals surface area (Å²) in [7, 11) is 1.73. The predicted molar refractivity (Wildman–Crippen MR) is 228 cm³/mol. The molecule has 5 aliphatic rings. The van der Waals surface area contributed by atoms with E-state index in [-0.39, 0.29) is 36.1 Å². The van der Waals surface area contributed by atoms with Crippen LogP contribution in [0.15, 0.2) is 53.3 Å². The first kappa shape index (κ1) is 41.3. The van der Waals surface area contributed by atoms with Gasteiger partial charge in [-0.05, 0) is 81.0 Å². The maximum Gasteiger partial charge on any atom is 0.280 e. The Morgan fingerprint density at radius 1 is 0.934 bits per heavy atom. The molecule has 3 saturated heterocycles. The molecule has 0 radical (unpaired) electrons. The Labute approximate surface area is 352 Å². The zero-order chi connectivity index (χ0) is 42.9. The van der Waals surface area contributed by atoms with Crippen molar-refractivity contribution in [3.8, 4) is 0 Å². The van der Waals surface area contributed by atoms with Crippen LogP contribution in [-0.2, 0) is 19.1 Å². The maximum absolute atomic E-state index is 15.3. The summed E-state index contributed by atoms with van der Waals surface area (Å²) in [5.74, 6) is -3.46. The summed E-state index contributed by atoms with van der Waals surface area (Å²) in [5.41, 5.74) is 4.49. The van der Waals surface area contributed by atoms with Crippen molar-refractivity contribution >= 4 is 64.1 Å². The molecule has 6 heterocycles. The number of benzene rings is 2. The van der Waals surface area contributed by atoms with E-state index in [1.165, 1.54) is 18.3 Å². The zero-order valence-corrected chi connectivity index (χ0v) is 34.5. The number of nitrogens with zero attached hydrogens (tertiary/aromatic N) is 6. The number of carbonyl (C=O) groups is 4. The molecule has 4 amide bonds. The van der Waals surface area contributed by atoms with Crippen molar-refractivity contribution in [2.24, 2.45) is 16.8 Å². The van der Waals surface area contributed by atoms with Crippen molar-refractivity contribution in [1.29, 1.82) is 5.41 Å². The lowest BCUT2D eigenvalue weighted by molar-refractivity contribution is -0.135. The SMILES string of the molecule is CN/C1=C(\C=N)c2cc(cc(C)n2)C(=O)/N=C2\Nc3ccc(N4CC[C@H](C(=O)N5CCN(c6cc(F)c([C@H]7CCC(=O)NC7=O)c(F)c6)CC5)C4)cc3N2C[C@H](C)CCCO1. The fraction of sp³-hybridized carbons (Fsp3) is 0.432. The summed E-state index contributed by atoms with van der Waals surface area (Å²) in [6, 6.07) is 11.9. The molecule has 3 aromatic rings. The van der Waals surface area contributed by atoms with Crippen LogP contribution in [0.25, 0.3) is 5.57 Å². The van der Waals surface area contributed by atoms with Crippen molar-refractivity contribution < 1.29 is 32.7 Å². The lowest BCUT2D eigenvalue weighted by atomic mass is 9.89. The molecule has 1 aromatic heterocycles. The molecule has 15 nitrogen and oxygen atoms in total. The van der Waals surface area contributed by atoms with Gasteiger partial charge in [0.2, 0.25) is 23.7 Å². The Hall–Kier alpha value is -6.39. The summed E-state index contributed by atoms with van der Waals surface area (Å²) in [6.45, 7) is 7.76. The van der Waals surface area contributed by atoms with Crippen molar-refractivity contribution in [3.05, 3.63) is 82.5 Å². The van der Waals surface area contributed by atoms with Gasteiger partial charge in [-0.3, -0.25) is 29.5 Å². The van der Waals surface area contributed by atoms with Gasteiger partial charge in [0.15, 0.2) is 5.88 Å². The highest BCUT2D eigenvalue weighted by Gasteiger charge is 2.36. The number of hydrogen-bond acceptors (Lipinski definition) is 12. The Morgan fingerprint density at radius 3 is 2.43 bits per heavy atom. The summed E-state index contributed by atoms with van der Waals surface area (Å²) >= 11 is 0. The quantitative estimate of drug-likeness (QED) is 0.199. The molecule has 17 heteroatoms. The molecule has 2 bridgehead atoms. The lowest BCUT2D eigenvalue weighted by Gasteiger charge is -2.37. The van der Waals surface area contributed by atoms with Crippen molar-refractivity contribution in [1.82, 2.24) is 20.5 Å². The summed E-state index contributed by atoms with van der Waals surface area (Å²) in [4.78, 5) is 68.6. The van der Waals surface area contributed by atoms with E-state index >= 15 is 8.78 Å². The Morgan fingerprint density at radius 2 is 1.70 bits per heavy atom. The van der Waals surface area contributed by atoms with Gasteiger partial charge in [-0.2, -0.15) is 4.99 Å². The maximum atomic E-state index is 15.3. The number of ether oxygens (including phenoxy) is 1. The summed E-state index contributed by atoms with van der Waals surface area (Å²) < 4.78 is 36.6. The Bertz CT molecular complexity index is 2320. The summed E-state index contributed by atoms with van der Waals surface area (Å²) in [6.07, 6.45) is 3.52. The number of aliphatic imine (C=N–C) groups is 1. The van der Waals surface area contributed by atoms with E-state index in [2.05, 4.69) is 48.7 Å². The van der Waals surface area contributed by atoms with Crippen LogP contribution in [0.1, 0.15) is 72.3 Å². The van der Waals surface area contributed by atoms with E-state index in [9.17, 15) is 19.2 Å². The molecular weight excluding hydrogens is 787 g/mol. The number of allylic oxidation sites excluding steroid dienone is 1. The van der Waals surface area contributed by atoms with Crippen LogP contribution in [0.5, 0.6) is 0 Å². The third kappa shape index (κ3) is 8.50.